The van der Waals surface area contributed by atoms with E-state index in [1.165, 1.54) is 0 Å². The van der Waals surface area contributed by atoms with Crippen LogP contribution in [-0.4, -0.2) is 44.6 Å². The predicted molar refractivity (Wildman–Crippen MR) is 57.0 cm³/mol. The zero-order chi connectivity index (χ0) is 13.5. The van der Waals surface area contributed by atoms with Gasteiger partial charge in [0.15, 0.2) is 12.2 Å². The van der Waals surface area contributed by atoms with Crippen molar-refractivity contribution in [2.75, 3.05) is 0 Å². The van der Waals surface area contributed by atoms with Gasteiger partial charge in [-0.05, 0) is 11.8 Å². The molecule has 4 N–H and O–H groups in total. The summed E-state index contributed by atoms with van der Waals surface area (Å²) in [7, 11) is 0. The van der Waals surface area contributed by atoms with Crippen molar-refractivity contribution >= 4 is 11.9 Å². The molecule has 0 aliphatic heterocycles. The van der Waals surface area contributed by atoms with E-state index in [0.717, 1.165) is 0 Å². The molecule has 0 aromatic carbocycles. The summed E-state index contributed by atoms with van der Waals surface area (Å²) in [5.74, 6) is -2.71. The van der Waals surface area contributed by atoms with Gasteiger partial charge in [-0.3, -0.25) is 0 Å². The number of carboxylic acid groups (broad SMARTS) is 2. The summed E-state index contributed by atoms with van der Waals surface area (Å²) in [6.07, 6.45) is -2.43. The predicted octanol–water partition coefficient (Wildman–Crippen LogP) is 0.173. The van der Waals surface area contributed by atoms with Crippen molar-refractivity contribution in [3.63, 3.8) is 0 Å². The van der Waals surface area contributed by atoms with Gasteiger partial charge in [0.05, 0.1) is 0 Å². The summed E-state index contributed by atoms with van der Waals surface area (Å²) >= 11 is 0. The van der Waals surface area contributed by atoms with Crippen LogP contribution in [0.1, 0.15) is 27.7 Å². The fraction of sp³-hybridized carbons (Fsp3) is 0.800. The monoisotopic (exact) mass is 300 g/mol. The Bertz CT molecular complexity index is 205. The third kappa shape index (κ3) is 11.7. The first kappa shape index (κ1) is 21.7. The molecule has 2 unspecified atom stereocenters. The Morgan fingerprint density at radius 2 is 0.941 bits per heavy atom. The molecule has 0 heterocycles. The van der Waals surface area contributed by atoms with E-state index in [2.05, 4.69) is 0 Å². The van der Waals surface area contributed by atoms with Crippen LogP contribution in [0.5, 0.6) is 0 Å². The molecule has 0 bridgehead atoms. The van der Waals surface area contributed by atoms with Gasteiger partial charge in [0.25, 0.3) is 0 Å². The summed E-state index contributed by atoms with van der Waals surface area (Å²) in [5, 5.41) is 33.4. The standard InChI is InChI=1S/2C5H10O3.Zn/c2*1-3(2)4(6)5(7)8;/h2*3-4,6H,1-2H3,(H,7,8);. The molecule has 0 aliphatic rings. The molecule has 6 nitrogen and oxygen atoms in total. The van der Waals surface area contributed by atoms with Gasteiger partial charge >= 0.3 is 11.9 Å². The van der Waals surface area contributed by atoms with Crippen LogP contribution in [0.25, 0.3) is 0 Å². The van der Waals surface area contributed by atoms with Crippen molar-refractivity contribution in [3.8, 4) is 0 Å². The van der Waals surface area contributed by atoms with Crippen molar-refractivity contribution in [2.24, 2.45) is 11.8 Å². The molecule has 17 heavy (non-hydrogen) atoms. The summed E-state index contributed by atoms with van der Waals surface area (Å²) in [6.45, 7) is 6.61. The maximum atomic E-state index is 9.89. The van der Waals surface area contributed by atoms with Crippen molar-refractivity contribution in [1.29, 1.82) is 0 Å². The average Bonchev–Trinajstić information content (AvgIpc) is 2.15. The molecule has 0 aromatic heterocycles. The minimum atomic E-state index is -1.21. The Morgan fingerprint density at radius 3 is 0.941 bits per heavy atom. The van der Waals surface area contributed by atoms with Crippen molar-refractivity contribution in [1.82, 2.24) is 0 Å². The molecule has 0 fully saturated rings. The first-order valence-corrected chi connectivity index (χ1v) is 4.93. The molecule has 0 aliphatic carbocycles. The molecule has 98 valence electrons. The van der Waals surface area contributed by atoms with Gasteiger partial charge in [-0.15, -0.1) is 0 Å². The second-order valence-electron chi connectivity index (χ2n) is 4.05. The molecule has 0 aromatic rings. The Morgan fingerprint density at radius 1 is 0.765 bits per heavy atom. The number of hydrogen-bond donors (Lipinski definition) is 4. The number of rotatable bonds is 4. The van der Waals surface area contributed by atoms with Crippen LogP contribution in [0.15, 0.2) is 0 Å². The zero-order valence-corrected chi connectivity index (χ0v) is 13.6. The second-order valence-corrected chi connectivity index (χ2v) is 4.05. The Hall–Kier alpha value is -0.517. The molecular formula is C10H20O6Zn. The van der Waals surface area contributed by atoms with Gasteiger partial charge in [0.1, 0.15) is 0 Å². The molecule has 2 atom stereocenters. The molecular weight excluding hydrogens is 281 g/mol. The topological polar surface area (TPSA) is 115 Å². The first-order chi connectivity index (χ1) is 7.11. The first-order valence-electron chi connectivity index (χ1n) is 4.93. The maximum absolute atomic E-state index is 9.89. The molecule has 0 rings (SSSR count). The van der Waals surface area contributed by atoms with E-state index in [4.69, 9.17) is 20.4 Å². The quantitative estimate of drug-likeness (QED) is 0.550. The van der Waals surface area contributed by atoms with Crippen LogP contribution >= 0.6 is 0 Å². The van der Waals surface area contributed by atoms with E-state index in [-0.39, 0.29) is 31.3 Å². The van der Waals surface area contributed by atoms with Crippen LogP contribution in [0.2, 0.25) is 0 Å². The van der Waals surface area contributed by atoms with Gasteiger partial charge in [-0.2, -0.15) is 0 Å². The van der Waals surface area contributed by atoms with E-state index < -0.39 is 24.1 Å². The van der Waals surface area contributed by atoms with Crippen molar-refractivity contribution < 1.29 is 49.5 Å². The number of hydrogen-bond acceptors (Lipinski definition) is 4. The van der Waals surface area contributed by atoms with Gasteiger partial charge in [0.2, 0.25) is 0 Å². The molecule has 0 amide bonds. The largest absolute Gasteiger partial charge is 0.479 e. The molecule has 0 spiro atoms. The van der Waals surface area contributed by atoms with Crippen molar-refractivity contribution in [2.45, 2.75) is 39.9 Å². The van der Waals surface area contributed by atoms with Crippen LogP contribution in [0.4, 0.5) is 0 Å². The van der Waals surface area contributed by atoms with Crippen LogP contribution in [0.3, 0.4) is 0 Å². The summed E-state index contributed by atoms with van der Waals surface area (Å²) in [5.41, 5.74) is 0. The average molecular weight is 302 g/mol. The van der Waals surface area contributed by atoms with E-state index in [1.807, 2.05) is 0 Å². The number of aliphatic hydroxyl groups excluding tert-OH is 2. The van der Waals surface area contributed by atoms with Crippen LogP contribution < -0.4 is 0 Å². The molecule has 0 saturated heterocycles. The smallest absolute Gasteiger partial charge is 0.332 e. The fourth-order valence-electron chi connectivity index (χ4n) is 0.570. The third-order valence-electron chi connectivity index (χ3n) is 1.77. The molecule has 7 heteroatoms. The van der Waals surface area contributed by atoms with Gasteiger partial charge < -0.3 is 20.4 Å². The van der Waals surface area contributed by atoms with Gasteiger partial charge in [-0.1, -0.05) is 27.7 Å². The summed E-state index contributed by atoms with van der Waals surface area (Å²) in [6, 6.07) is 0. The normalized spacial score (nSPS) is 13.2. The Labute approximate surface area is 113 Å². The number of aliphatic hydroxyl groups is 2. The molecule has 0 saturated carbocycles. The van der Waals surface area contributed by atoms with Gasteiger partial charge in [0, 0.05) is 19.5 Å². The zero-order valence-electron chi connectivity index (χ0n) is 10.6. The van der Waals surface area contributed by atoms with Crippen molar-refractivity contribution in [3.05, 3.63) is 0 Å². The summed E-state index contributed by atoms with van der Waals surface area (Å²) < 4.78 is 0. The number of carbonyl (C=O) groups is 2. The SMILES string of the molecule is CC(C)C(O)C(=O)O.CC(C)C(O)C(=O)O.[Zn]. The minimum Gasteiger partial charge on any atom is -0.479 e. The third-order valence-corrected chi connectivity index (χ3v) is 1.77. The molecule has 0 radical (unpaired) electrons. The fourth-order valence-corrected chi connectivity index (χ4v) is 0.570. The minimum absolute atomic E-state index is 0. The Kier molecular flexibility index (Phi) is 13.6. The van der Waals surface area contributed by atoms with E-state index in [0.29, 0.717) is 0 Å². The van der Waals surface area contributed by atoms with E-state index in [9.17, 15) is 9.59 Å². The number of aliphatic carboxylic acids is 2. The van der Waals surface area contributed by atoms with Crippen LogP contribution in [-0.2, 0) is 29.1 Å². The van der Waals surface area contributed by atoms with E-state index in [1.54, 1.807) is 27.7 Å². The summed E-state index contributed by atoms with van der Waals surface area (Å²) in [4.78, 5) is 19.8. The van der Waals surface area contributed by atoms with Gasteiger partial charge in [-0.25, -0.2) is 9.59 Å². The maximum Gasteiger partial charge on any atom is 0.332 e. The van der Waals surface area contributed by atoms with E-state index >= 15 is 0 Å². The second kappa shape index (κ2) is 10.6. The van der Waals surface area contributed by atoms with Crippen LogP contribution in [0, 0.1) is 11.8 Å². The Balaban J connectivity index is -0.000000218. The number of carboxylic acids is 2.